The summed E-state index contributed by atoms with van der Waals surface area (Å²) in [6.45, 7) is 0.729. The van der Waals surface area contributed by atoms with E-state index in [-0.39, 0.29) is 5.75 Å². The molecule has 0 unspecified atom stereocenters. The van der Waals surface area contributed by atoms with Gasteiger partial charge in [-0.15, -0.1) is 0 Å². The molecule has 19 heavy (non-hydrogen) atoms. The highest BCUT2D eigenvalue weighted by Gasteiger charge is 2.03. The van der Waals surface area contributed by atoms with E-state index in [1.165, 1.54) is 11.8 Å². The molecular formula is C15H13N3O. The Morgan fingerprint density at radius 1 is 1.00 bits per heavy atom. The van der Waals surface area contributed by atoms with Crippen LogP contribution in [0.3, 0.4) is 0 Å². The molecule has 0 aliphatic rings. The fourth-order valence-corrected chi connectivity index (χ4v) is 1.96. The molecule has 0 fully saturated rings. The van der Waals surface area contributed by atoms with Crippen LogP contribution in [0, 0.1) is 0 Å². The van der Waals surface area contributed by atoms with Crippen LogP contribution in [0.1, 0.15) is 5.56 Å². The van der Waals surface area contributed by atoms with Gasteiger partial charge in [0.05, 0.1) is 18.9 Å². The van der Waals surface area contributed by atoms with Crippen LogP contribution in [0.2, 0.25) is 0 Å². The van der Waals surface area contributed by atoms with E-state index in [2.05, 4.69) is 22.2 Å². The van der Waals surface area contributed by atoms with Crippen molar-refractivity contribution in [2.45, 2.75) is 6.54 Å². The van der Waals surface area contributed by atoms with E-state index in [1.54, 1.807) is 18.5 Å². The first-order valence-electron chi connectivity index (χ1n) is 6.02. The van der Waals surface area contributed by atoms with Gasteiger partial charge in [0.2, 0.25) is 0 Å². The van der Waals surface area contributed by atoms with E-state index in [9.17, 15) is 5.11 Å². The van der Waals surface area contributed by atoms with Crippen LogP contribution in [0.5, 0.6) is 5.75 Å². The van der Waals surface area contributed by atoms with E-state index in [1.807, 2.05) is 29.1 Å². The highest BCUT2D eigenvalue weighted by molar-refractivity contribution is 5.61. The molecule has 0 saturated heterocycles. The Bertz CT molecular complexity index is 677. The van der Waals surface area contributed by atoms with Gasteiger partial charge in [0, 0.05) is 23.5 Å². The Hall–Kier alpha value is -2.62. The molecule has 1 aromatic carbocycles. The summed E-state index contributed by atoms with van der Waals surface area (Å²) in [6.07, 6.45) is 6.85. The number of benzene rings is 1. The maximum Gasteiger partial charge on any atom is 0.134 e. The Balaban J connectivity index is 1.84. The summed E-state index contributed by atoms with van der Waals surface area (Å²) in [5.41, 5.74) is 3.00. The minimum absolute atomic E-state index is 0.160. The monoisotopic (exact) mass is 251 g/mol. The molecule has 0 spiro atoms. The molecule has 0 saturated carbocycles. The Labute approximate surface area is 111 Å². The van der Waals surface area contributed by atoms with Gasteiger partial charge in [0.25, 0.3) is 0 Å². The van der Waals surface area contributed by atoms with Gasteiger partial charge in [-0.05, 0) is 11.6 Å². The standard InChI is InChI=1S/C15H13N3O/c19-15-6-13(7-16-9-15)14-8-17-18(11-14)10-12-4-2-1-3-5-12/h1-9,11,19H,10H2. The van der Waals surface area contributed by atoms with E-state index in [0.717, 1.165) is 17.7 Å². The summed E-state index contributed by atoms with van der Waals surface area (Å²) in [6, 6.07) is 11.8. The van der Waals surface area contributed by atoms with Crippen LogP contribution >= 0.6 is 0 Å². The largest absolute Gasteiger partial charge is 0.506 e. The summed E-state index contributed by atoms with van der Waals surface area (Å²) in [4.78, 5) is 3.97. The van der Waals surface area contributed by atoms with Crippen molar-refractivity contribution in [1.29, 1.82) is 0 Å². The third kappa shape index (κ3) is 2.63. The lowest BCUT2D eigenvalue weighted by Crippen LogP contribution is -1.99. The number of nitrogens with zero attached hydrogens (tertiary/aromatic N) is 3. The van der Waals surface area contributed by atoms with Gasteiger partial charge in [0.1, 0.15) is 5.75 Å². The van der Waals surface area contributed by atoms with Gasteiger partial charge in [-0.3, -0.25) is 9.67 Å². The fraction of sp³-hybridized carbons (Fsp3) is 0.0667. The lowest BCUT2D eigenvalue weighted by Gasteiger charge is -2.01. The molecule has 2 heterocycles. The summed E-state index contributed by atoms with van der Waals surface area (Å²) in [7, 11) is 0. The quantitative estimate of drug-likeness (QED) is 0.778. The van der Waals surface area contributed by atoms with Crippen molar-refractivity contribution in [2.24, 2.45) is 0 Å². The molecule has 0 bridgehead atoms. The second-order valence-electron chi connectivity index (χ2n) is 4.34. The lowest BCUT2D eigenvalue weighted by atomic mass is 10.1. The number of aromatic nitrogens is 3. The van der Waals surface area contributed by atoms with Gasteiger partial charge in [-0.25, -0.2) is 0 Å². The second-order valence-corrected chi connectivity index (χ2v) is 4.34. The molecule has 0 amide bonds. The predicted octanol–water partition coefficient (Wildman–Crippen LogP) is 2.70. The molecule has 0 atom stereocenters. The highest BCUT2D eigenvalue weighted by Crippen LogP contribution is 2.21. The number of aromatic hydroxyl groups is 1. The normalized spacial score (nSPS) is 10.5. The van der Waals surface area contributed by atoms with Crippen LogP contribution in [0.4, 0.5) is 0 Å². The average Bonchev–Trinajstić information content (AvgIpc) is 2.88. The second kappa shape index (κ2) is 4.94. The SMILES string of the molecule is Oc1cncc(-c2cnn(Cc3ccccc3)c2)c1. The topological polar surface area (TPSA) is 50.9 Å². The zero-order chi connectivity index (χ0) is 13.1. The van der Waals surface area contributed by atoms with Crippen molar-refractivity contribution in [3.63, 3.8) is 0 Å². The third-order valence-corrected chi connectivity index (χ3v) is 2.88. The number of hydrogen-bond donors (Lipinski definition) is 1. The lowest BCUT2D eigenvalue weighted by molar-refractivity contribution is 0.473. The van der Waals surface area contributed by atoms with Crippen molar-refractivity contribution in [2.75, 3.05) is 0 Å². The summed E-state index contributed by atoms with van der Waals surface area (Å²) >= 11 is 0. The van der Waals surface area contributed by atoms with Crippen molar-refractivity contribution in [3.8, 4) is 16.9 Å². The van der Waals surface area contributed by atoms with E-state index >= 15 is 0 Å². The number of rotatable bonds is 3. The summed E-state index contributed by atoms with van der Waals surface area (Å²) in [5, 5.41) is 13.8. The molecule has 1 N–H and O–H groups in total. The molecular weight excluding hydrogens is 238 g/mol. The molecule has 4 nitrogen and oxygen atoms in total. The van der Waals surface area contributed by atoms with Gasteiger partial charge in [0.15, 0.2) is 0 Å². The summed E-state index contributed by atoms with van der Waals surface area (Å²) < 4.78 is 1.87. The first-order valence-corrected chi connectivity index (χ1v) is 6.02. The van der Waals surface area contributed by atoms with Gasteiger partial charge in [-0.1, -0.05) is 30.3 Å². The minimum atomic E-state index is 0.160. The Kier molecular flexibility index (Phi) is 2.98. The molecule has 4 heteroatoms. The smallest absolute Gasteiger partial charge is 0.134 e. The molecule has 0 aliphatic carbocycles. The van der Waals surface area contributed by atoms with Gasteiger partial charge >= 0.3 is 0 Å². The zero-order valence-electron chi connectivity index (χ0n) is 10.3. The Morgan fingerprint density at radius 2 is 1.84 bits per heavy atom. The first-order chi connectivity index (χ1) is 9.31. The third-order valence-electron chi connectivity index (χ3n) is 2.88. The van der Waals surface area contributed by atoms with Crippen molar-refractivity contribution in [3.05, 3.63) is 66.7 Å². The van der Waals surface area contributed by atoms with Crippen LogP contribution in [0.15, 0.2) is 61.2 Å². The maximum atomic E-state index is 9.43. The van der Waals surface area contributed by atoms with E-state index < -0.39 is 0 Å². The zero-order valence-corrected chi connectivity index (χ0v) is 10.3. The highest BCUT2D eigenvalue weighted by atomic mass is 16.3. The van der Waals surface area contributed by atoms with Crippen LogP contribution < -0.4 is 0 Å². The molecule has 3 aromatic rings. The molecule has 0 aliphatic heterocycles. The number of hydrogen-bond acceptors (Lipinski definition) is 3. The van der Waals surface area contributed by atoms with Crippen LogP contribution in [-0.2, 0) is 6.54 Å². The van der Waals surface area contributed by atoms with Gasteiger partial charge in [-0.2, -0.15) is 5.10 Å². The molecule has 2 aromatic heterocycles. The Morgan fingerprint density at radius 3 is 2.63 bits per heavy atom. The van der Waals surface area contributed by atoms with Crippen LogP contribution in [0.25, 0.3) is 11.1 Å². The average molecular weight is 251 g/mol. The first kappa shape index (κ1) is 11.5. The van der Waals surface area contributed by atoms with Crippen molar-refractivity contribution in [1.82, 2.24) is 14.8 Å². The number of pyridine rings is 1. The van der Waals surface area contributed by atoms with Gasteiger partial charge < -0.3 is 5.11 Å². The minimum Gasteiger partial charge on any atom is -0.506 e. The van der Waals surface area contributed by atoms with Crippen molar-refractivity contribution >= 4 is 0 Å². The predicted molar refractivity (Wildman–Crippen MR) is 72.7 cm³/mol. The fourth-order valence-electron chi connectivity index (χ4n) is 1.96. The van der Waals surface area contributed by atoms with Crippen LogP contribution in [-0.4, -0.2) is 19.9 Å². The molecule has 3 rings (SSSR count). The van der Waals surface area contributed by atoms with Crippen molar-refractivity contribution < 1.29 is 5.11 Å². The van der Waals surface area contributed by atoms with E-state index in [4.69, 9.17) is 0 Å². The molecule has 0 radical (unpaired) electrons. The summed E-state index contributed by atoms with van der Waals surface area (Å²) in [5.74, 6) is 0.160. The maximum absolute atomic E-state index is 9.43. The molecule has 94 valence electrons. The van der Waals surface area contributed by atoms with E-state index in [0.29, 0.717) is 0 Å².